The maximum atomic E-state index is 13.3. The molecule has 36 heavy (non-hydrogen) atoms. The van der Waals surface area contributed by atoms with Crippen LogP contribution in [0.25, 0.3) is 21.9 Å². The second-order valence-electron chi connectivity index (χ2n) is 9.36. The Morgan fingerprint density at radius 3 is 2.61 bits per heavy atom. The van der Waals surface area contributed by atoms with Gasteiger partial charge >= 0.3 is 0 Å². The van der Waals surface area contributed by atoms with Gasteiger partial charge in [0.1, 0.15) is 17.2 Å². The molecule has 0 radical (unpaired) electrons. The molecular formula is C26H29N5O5. The SMILES string of the molecule is O=C(CN1CCCCC(N=C(C[N+](=O)[O-])Nc2ccc3c(c2)oc2ccccc23)C1=O)N1CCCC1. The lowest BCUT2D eigenvalue weighted by molar-refractivity contribution is -0.463. The summed E-state index contributed by atoms with van der Waals surface area (Å²) in [7, 11) is 0. The third kappa shape index (κ3) is 5.17. The van der Waals surface area contributed by atoms with Crippen molar-refractivity contribution in [3.05, 3.63) is 52.6 Å². The fraction of sp³-hybridized carbons (Fsp3) is 0.423. The van der Waals surface area contributed by atoms with Crippen molar-refractivity contribution in [2.75, 3.05) is 38.0 Å². The second kappa shape index (κ2) is 10.3. The average molecular weight is 492 g/mol. The van der Waals surface area contributed by atoms with E-state index in [-0.39, 0.29) is 24.2 Å². The molecular weight excluding hydrogens is 462 g/mol. The van der Waals surface area contributed by atoms with Crippen LogP contribution in [0.2, 0.25) is 0 Å². The van der Waals surface area contributed by atoms with Gasteiger partial charge in [-0.3, -0.25) is 24.7 Å². The lowest BCUT2D eigenvalue weighted by atomic mass is 10.1. The molecule has 0 aliphatic carbocycles. The van der Waals surface area contributed by atoms with Crippen LogP contribution in [0.3, 0.4) is 0 Å². The summed E-state index contributed by atoms with van der Waals surface area (Å²) in [4.78, 5) is 44.7. The Morgan fingerprint density at radius 1 is 1.06 bits per heavy atom. The number of hydrogen-bond donors (Lipinski definition) is 1. The van der Waals surface area contributed by atoms with Gasteiger partial charge in [0.25, 0.3) is 6.54 Å². The Balaban J connectivity index is 1.36. The van der Waals surface area contributed by atoms with E-state index in [1.54, 1.807) is 15.9 Å². The largest absolute Gasteiger partial charge is 0.456 e. The molecule has 2 aliphatic heterocycles. The summed E-state index contributed by atoms with van der Waals surface area (Å²) in [6.45, 7) is 1.44. The third-order valence-corrected chi connectivity index (χ3v) is 6.80. The van der Waals surface area contributed by atoms with Crippen LogP contribution in [-0.2, 0) is 9.59 Å². The highest BCUT2D eigenvalue weighted by Gasteiger charge is 2.30. The van der Waals surface area contributed by atoms with E-state index < -0.39 is 17.5 Å². The number of amidine groups is 1. The smallest absolute Gasteiger partial charge is 0.260 e. The number of nitrogens with zero attached hydrogens (tertiary/aromatic N) is 4. The summed E-state index contributed by atoms with van der Waals surface area (Å²) in [5, 5.41) is 16.4. The molecule has 1 N–H and O–H groups in total. The average Bonchev–Trinajstić information content (AvgIpc) is 3.48. The van der Waals surface area contributed by atoms with Gasteiger partial charge in [0.2, 0.25) is 11.8 Å². The molecule has 10 nitrogen and oxygen atoms in total. The van der Waals surface area contributed by atoms with Crippen molar-refractivity contribution >= 4 is 45.3 Å². The van der Waals surface area contributed by atoms with E-state index in [2.05, 4.69) is 10.3 Å². The van der Waals surface area contributed by atoms with Gasteiger partial charge in [-0.05, 0) is 50.3 Å². The Labute approximate surface area is 208 Å². The number of carbonyl (C=O) groups excluding carboxylic acids is 2. The van der Waals surface area contributed by atoms with Crippen molar-refractivity contribution in [1.82, 2.24) is 9.80 Å². The number of hydrogen-bond acceptors (Lipinski definition) is 6. The van der Waals surface area contributed by atoms with E-state index >= 15 is 0 Å². The Kier molecular flexibility index (Phi) is 6.84. The summed E-state index contributed by atoms with van der Waals surface area (Å²) in [5.74, 6) is -0.204. The van der Waals surface area contributed by atoms with Crippen LogP contribution in [0, 0.1) is 10.1 Å². The second-order valence-corrected chi connectivity index (χ2v) is 9.36. The monoisotopic (exact) mass is 491 g/mol. The molecule has 0 spiro atoms. The van der Waals surface area contributed by atoms with Gasteiger partial charge in [-0.1, -0.05) is 18.2 Å². The predicted molar refractivity (Wildman–Crippen MR) is 137 cm³/mol. The van der Waals surface area contributed by atoms with Crippen molar-refractivity contribution in [3.8, 4) is 0 Å². The number of furan rings is 1. The highest BCUT2D eigenvalue weighted by molar-refractivity contribution is 6.07. The minimum Gasteiger partial charge on any atom is -0.456 e. The molecule has 0 saturated carbocycles. The highest BCUT2D eigenvalue weighted by Crippen LogP contribution is 2.30. The maximum absolute atomic E-state index is 13.3. The first kappa shape index (κ1) is 23.8. The quantitative estimate of drug-likeness (QED) is 0.243. The highest BCUT2D eigenvalue weighted by atomic mass is 16.6. The number of nitrogens with one attached hydrogen (secondary N) is 1. The fourth-order valence-electron chi connectivity index (χ4n) is 4.98. The number of aliphatic imine (C=N–C) groups is 1. The summed E-state index contributed by atoms with van der Waals surface area (Å²) in [5.41, 5.74) is 2.00. The van der Waals surface area contributed by atoms with Crippen LogP contribution >= 0.6 is 0 Å². The van der Waals surface area contributed by atoms with Gasteiger partial charge in [0.15, 0.2) is 5.84 Å². The number of anilines is 1. The van der Waals surface area contributed by atoms with E-state index in [1.165, 1.54) is 0 Å². The molecule has 2 saturated heterocycles. The molecule has 2 aliphatic rings. The van der Waals surface area contributed by atoms with Crippen molar-refractivity contribution in [3.63, 3.8) is 0 Å². The number of nitro groups is 1. The van der Waals surface area contributed by atoms with Gasteiger partial charge in [-0.25, -0.2) is 0 Å². The zero-order chi connectivity index (χ0) is 25.1. The summed E-state index contributed by atoms with van der Waals surface area (Å²) in [6, 6.07) is 12.4. The normalized spacial score (nSPS) is 19.2. The maximum Gasteiger partial charge on any atom is 0.260 e. The van der Waals surface area contributed by atoms with Gasteiger partial charge in [-0.15, -0.1) is 0 Å². The van der Waals surface area contributed by atoms with Gasteiger partial charge in [0.05, 0.1) is 6.54 Å². The number of amides is 2. The Bertz CT molecular complexity index is 1330. The minimum atomic E-state index is -0.767. The van der Waals surface area contributed by atoms with Crippen molar-refractivity contribution in [2.24, 2.45) is 4.99 Å². The van der Waals surface area contributed by atoms with E-state index in [0.29, 0.717) is 24.2 Å². The van der Waals surface area contributed by atoms with Crippen molar-refractivity contribution in [2.45, 2.75) is 38.1 Å². The lowest BCUT2D eigenvalue weighted by Crippen LogP contribution is -2.45. The number of benzene rings is 2. The molecule has 10 heteroatoms. The van der Waals surface area contributed by atoms with Crippen molar-refractivity contribution in [1.29, 1.82) is 0 Å². The number of para-hydroxylation sites is 1. The minimum absolute atomic E-state index is 0.0333. The molecule has 1 atom stereocenters. The van der Waals surface area contributed by atoms with Crippen LogP contribution < -0.4 is 5.32 Å². The van der Waals surface area contributed by atoms with Crippen LogP contribution in [0.15, 0.2) is 51.9 Å². The van der Waals surface area contributed by atoms with Gasteiger partial charge in [-0.2, -0.15) is 0 Å². The molecule has 188 valence electrons. The first-order valence-electron chi connectivity index (χ1n) is 12.4. The first-order valence-corrected chi connectivity index (χ1v) is 12.4. The van der Waals surface area contributed by atoms with E-state index in [0.717, 1.165) is 55.1 Å². The van der Waals surface area contributed by atoms with E-state index in [1.807, 2.05) is 36.4 Å². The number of likely N-dealkylation sites (tertiary alicyclic amines) is 2. The summed E-state index contributed by atoms with van der Waals surface area (Å²) >= 11 is 0. The lowest BCUT2D eigenvalue weighted by Gasteiger charge is -2.25. The topological polar surface area (TPSA) is 121 Å². The number of rotatable bonds is 6. The number of carbonyl (C=O) groups is 2. The zero-order valence-electron chi connectivity index (χ0n) is 20.0. The van der Waals surface area contributed by atoms with Gasteiger partial charge < -0.3 is 19.5 Å². The molecule has 3 heterocycles. The molecule has 3 aromatic rings. The third-order valence-electron chi connectivity index (χ3n) is 6.80. The molecule has 5 rings (SSSR count). The number of fused-ring (bicyclic) bond motifs is 3. The molecule has 0 bridgehead atoms. The van der Waals surface area contributed by atoms with Crippen LogP contribution in [0.5, 0.6) is 0 Å². The van der Waals surface area contributed by atoms with Crippen LogP contribution in [0.1, 0.15) is 32.1 Å². The molecule has 2 amide bonds. The molecule has 1 unspecified atom stereocenters. The zero-order valence-corrected chi connectivity index (χ0v) is 20.0. The van der Waals surface area contributed by atoms with E-state index in [9.17, 15) is 19.7 Å². The standard InChI is InChI=1S/C26H29N5O5/c32-25(29-12-5-6-13-29)17-30-14-4-3-8-21(26(30)33)28-24(16-31(34)35)27-18-10-11-20-19-7-1-2-9-22(19)36-23(20)15-18/h1-2,7,9-11,15,21H,3-6,8,12-14,16-17H2,(H,27,28). The Hall–Kier alpha value is -3.95. The van der Waals surface area contributed by atoms with Crippen LogP contribution in [0.4, 0.5) is 5.69 Å². The molecule has 1 aromatic heterocycles. The van der Waals surface area contributed by atoms with Gasteiger partial charge in [0, 0.05) is 47.1 Å². The van der Waals surface area contributed by atoms with E-state index in [4.69, 9.17) is 4.42 Å². The summed E-state index contributed by atoms with van der Waals surface area (Å²) < 4.78 is 5.92. The Morgan fingerprint density at radius 2 is 1.81 bits per heavy atom. The molecule has 2 fully saturated rings. The predicted octanol–water partition coefficient (Wildman–Crippen LogP) is 3.68. The molecule has 2 aromatic carbocycles. The summed E-state index contributed by atoms with van der Waals surface area (Å²) in [6.07, 6.45) is 3.99. The fourth-order valence-corrected chi connectivity index (χ4v) is 4.98. The van der Waals surface area contributed by atoms with Crippen molar-refractivity contribution < 1.29 is 18.9 Å². The first-order chi connectivity index (χ1) is 17.5. The van der Waals surface area contributed by atoms with Crippen LogP contribution in [-0.4, -0.2) is 71.1 Å².